The highest BCUT2D eigenvalue weighted by atomic mass is 16.5. The van der Waals surface area contributed by atoms with Crippen LogP contribution in [0, 0.1) is 13.8 Å². The lowest BCUT2D eigenvalue weighted by Gasteiger charge is -2.10. The lowest BCUT2D eigenvalue weighted by molar-refractivity contribution is 0.242. The van der Waals surface area contributed by atoms with E-state index in [1.54, 1.807) is 0 Å². The third-order valence-electron chi connectivity index (χ3n) is 1.85. The lowest BCUT2D eigenvalue weighted by Crippen LogP contribution is -2.05. The molecule has 0 saturated carbocycles. The molecule has 1 aromatic rings. The Morgan fingerprint density at radius 1 is 1.00 bits per heavy atom. The van der Waals surface area contributed by atoms with Gasteiger partial charge in [-0.15, -0.1) is 0 Å². The van der Waals surface area contributed by atoms with Gasteiger partial charge in [-0.05, 0) is 51.0 Å². The van der Waals surface area contributed by atoms with Crippen LogP contribution in [0.2, 0.25) is 0 Å². The Labute approximate surface area is 88.1 Å². The summed E-state index contributed by atoms with van der Waals surface area (Å²) in [5.41, 5.74) is 2.60. The number of hydrogen-bond acceptors (Lipinski definition) is 1. The monoisotopic (exact) mass is 194 g/mol. The van der Waals surface area contributed by atoms with Gasteiger partial charge in [0.05, 0.1) is 6.10 Å². The molecule has 0 bridgehead atoms. The van der Waals surface area contributed by atoms with Gasteiger partial charge in [-0.25, -0.2) is 0 Å². The Morgan fingerprint density at radius 3 is 2.00 bits per heavy atom. The van der Waals surface area contributed by atoms with Crippen LogP contribution in [0.5, 0.6) is 5.75 Å². The van der Waals surface area contributed by atoms with Gasteiger partial charge in [-0.1, -0.05) is 19.9 Å². The molecule has 1 nitrogen and oxygen atoms in total. The molecule has 0 aliphatic rings. The van der Waals surface area contributed by atoms with Gasteiger partial charge in [0, 0.05) is 0 Å². The van der Waals surface area contributed by atoms with Crippen LogP contribution in [-0.4, -0.2) is 6.10 Å². The summed E-state index contributed by atoms with van der Waals surface area (Å²) in [4.78, 5) is 0. The second-order valence-electron chi connectivity index (χ2n) is 3.41. The molecule has 0 atom stereocenters. The molecular formula is C13H22O. The highest BCUT2D eigenvalue weighted by Gasteiger charge is 1.98. The van der Waals surface area contributed by atoms with Gasteiger partial charge in [-0.3, -0.25) is 0 Å². The highest BCUT2D eigenvalue weighted by Crippen LogP contribution is 2.17. The molecule has 0 radical (unpaired) electrons. The van der Waals surface area contributed by atoms with Crippen molar-refractivity contribution in [1.29, 1.82) is 0 Å². The largest absolute Gasteiger partial charge is 0.491 e. The van der Waals surface area contributed by atoms with E-state index < -0.39 is 0 Å². The van der Waals surface area contributed by atoms with Crippen LogP contribution in [0.25, 0.3) is 0 Å². The van der Waals surface area contributed by atoms with Crippen molar-refractivity contribution < 1.29 is 4.74 Å². The van der Waals surface area contributed by atoms with E-state index in [-0.39, 0.29) is 6.10 Å². The van der Waals surface area contributed by atoms with E-state index in [0.29, 0.717) is 0 Å². The predicted octanol–water partition coefficient (Wildman–Crippen LogP) is 4.12. The maximum Gasteiger partial charge on any atom is 0.119 e. The average molecular weight is 194 g/mol. The van der Waals surface area contributed by atoms with Crippen molar-refractivity contribution in [3.8, 4) is 5.75 Å². The second kappa shape index (κ2) is 6.47. The van der Waals surface area contributed by atoms with Gasteiger partial charge < -0.3 is 4.74 Å². The molecule has 1 heteroatoms. The molecule has 0 saturated heterocycles. The normalized spacial score (nSPS) is 9.36. The van der Waals surface area contributed by atoms with Crippen molar-refractivity contribution in [3.05, 3.63) is 29.3 Å². The quantitative estimate of drug-likeness (QED) is 0.688. The van der Waals surface area contributed by atoms with Crippen LogP contribution in [0.4, 0.5) is 0 Å². The Bertz CT molecular complexity index is 264. The zero-order chi connectivity index (χ0) is 11.1. The van der Waals surface area contributed by atoms with E-state index in [9.17, 15) is 0 Å². The molecule has 0 unspecified atom stereocenters. The molecule has 0 spiro atoms. The van der Waals surface area contributed by atoms with Crippen LogP contribution >= 0.6 is 0 Å². The summed E-state index contributed by atoms with van der Waals surface area (Å²) in [6.45, 7) is 12.3. The highest BCUT2D eigenvalue weighted by molar-refractivity contribution is 5.33. The van der Waals surface area contributed by atoms with E-state index in [1.165, 1.54) is 11.1 Å². The summed E-state index contributed by atoms with van der Waals surface area (Å²) in [5.74, 6) is 0.966. The minimum atomic E-state index is 0.257. The first-order chi connectivity index (χ1) is 6.59. The van der Waals surface area contributed by atoms with E-state index in [2.05, 4.69) is 26.0 Å². The van der Waals surface area contributed by atoms with Gasteiger partial charge in [0.1, 0.15) is 5.75 Å². The Hall–Kier alpha value is -0.980. The van der Waals surface area contributed by atoms with E-state index in [4.69, 9.17) is 4.74 Å². The van der Waals surface area contributed by atoms with Gasteiger partial charge in [0.15, 0.2) is 0 Å². The smallest absolute Gasteiger partial charge is 0.119 e. The molecule has 0 aliphatic heterocycles. The summed E-state index contributed by atoms with van der Waals surface area (Å²) in [5, 5.41) is 0. The standard InChI is InChI=1S/C11H16O.C2H6/c1-8(2)12-11-6-5-9(3)10(4)7-11;1-2/h5-8H,1-4H3;1-2H3. The molecular weight excluding hydrogens is 172 g/mol. The molecule has 0 heterocycles. The van der Waals surface area contributed by atoms with Gasteiger partial charge in [-0.2, -0.15) is 0 Å². The number of aryl methyl sites for hydroxylation is 2. The topological polar surface area (TPSA) is 9.23 Å². The maximum absolute atomic E-state index is 5.55. The Kier molecular flexibility index (Phi) is 6.02. The predicted molar refractivity (Wildman–Crippen MR) is 63.0 cm³/mol. The van der Waals surface area contributed by atoms with E-state index in [0.717, 1.165) is 5.75 Å². The van der Waals surface area contributed by atoms with Gasteiger partial charge in [0.25, 0.3) is 0 Å². The van der Waals surface area contributed by atoms with Crippen LogP contribution in [0.3, 0.4) is 0 Å². The van der Waals surface area contributed by atoms with Crippen molar-refractivity contribution in [3.63, 3.8) is 0 Å². The fourth-order valence-electron chi connectivity index (χ4n) is 1.06. The zero-order valence-corrected chi connectivity index (χ0v) is 10.2. The summed E-state index contributed by atoms with van der Waals surface area (Å²) < 4.78 is 5.55. The van der Waals surface area contributed by atoms with Crippen molar-refractivity contribution in [2.75, 3.05) is 0 Å². The number of hydrogen-bond donors (Lipinski definition) is 0. The summed E-state index contributed by atoms with van der Waals surface area (Å²) in [6, 6.07) is 6.19. The average Bonchev–Trinajstić information content (AvgIpc) is 2.14. The molecule has 14 heavy (non-hydrogen) atoms. The molecule has 1 rings (SSSR count). The van der Waals surface area contributed by atoms with Crippen LogP contribution < -0.4 is 4.74 Å². The second-order valence-corrected chi connectivity index (χ2v) is 3.41. The van der Waals surface area contributed by atoms with Crippen molar-refractivity contribution in [1.82, 2.24) is 0 Å². The van der Waals surface area contributed by atoms with Crippen molar-refractivity contribution in [2.45, 2.75) is 47.6 Å². The number of benzene rings is 1. The maximum atomic E-state index is 5.55. The summed E-state index contributed by atoms with van der Waals surface area (Å²) >= 11 is 0. The van der Waals surface area contributed by atoms with Crippen LogP contribution in [0.15, 0.2) is 18.2 Å². The first-order valence-electron chi connectivity index (χ1n) is 5.33. The Balaban J connectivity index is 0.000000791. The third kappa shape index (κ3) is 4.31. The zero-order valence-electron chi connectivity index (χ0n) is 10.2. The SMILES string of the molecule is CC.Cc1ccc(OC(C)C)cc1C. The molecule has 0 N–H and O–H groups in total. The van der Waals surface area contributed by atoms with Gasteiger partial charge >= 0.3 is 0 Å². The summed E-state index contributed by atoms with van der Waals surface area (Å²) in [7, 11) is 0. The van der Waals surface area contributed by atoms with Gasteiger partial charge in [0.2, 0.25) is 0 Å². The molecule has 1 aromatic carbocycles. The molecule has 0 fully saturated rings. The Morgan fingerprint density at radius 2 is 1.57 bits per heavy atom. The number of ether oxygens (including phenoxy) is 1. The molecule has 0 amide bonds. The summed E-state index contributed by atoms with van der Waals surface area (Å²) in [6.07, 6.45) is 0.257. The van der Waals surface area contributed by atoms with E-state index >= 15 is 0 Å². The lowest BCUT2D eigenvalue weighted by atomic mass is 10.1. The minimum Gasteiger partial charge on any atom is -0.491 e. The van der Waals surface area contributed by atoms with Crippen molar-refractivity contribution >= 4 is 0 Å². The van der Waals surface area contributed by atoms with Crippen molar-refractivity contribution in [2.24, 2.45) is 0 Å². The van der Waals surface area contributed by atoms with Crippen LogP contribution in [0.1, 0.15) is 38.8 Å². The first kappa shape index (κ1) is 13.0. The first-order valence-corrected chi connectivity index (χ1v) is 5.33. The third-order valence-corrected chi connectivity index (χ3v) is 1.85. The van der Waals surface area contributed by atoms with Crippen LogP contribution in [-0.2, 0) is 0 Å². The molecule has 0 aliphatic carbocycles. The minimum absolute atomic E-state index is 0.257. The number of rotatable bonds is 2. The molecule has 0 aromatic heterocycles. The fourth-order valence-corrected chi connectivity index (χ4v) is 1.06. The fraction of sp³-hybridized carbons (Fsp3) is 0.538. The molecule has 80 valence electrons. The van der Waals surface area contributed by atoms with E-state index in [1.807, 2.05) is 33.8 Å².